The molecule has 2 fully saturated rings. The number of rotatable bonds is 5. The molecule has 1 aromatic heterocycles. The predicted molar refractivity (Wildman–Crippen MR) is 112 cm³/mol. The average Bonchev–Trinajstić information content (AvgIpc) is 3.21. The van der Waals surface area contributed by atoms with Gasteiger partial charge >= 0.3 is 0 Å². The highest BCUT2D eigenvalue weighted by Crippen LogP contribution is 2.29. The van der Waals surface area contributed by atoms with Gasteiger partial charge in [-0.3, -0.25) is 0 Å². The molecule has 1 aliphatic carbocycles. The van der Waals surface area contributed by atoms with E-state index >= 15 is 0 Å². The fourth-order valence-corrected chi connectivity index (χ4v) is 5.11. The fourth-order valence-electron chi connectivity index (χ4n) is 5.11. The zero-order valence-corrected chi connectivity index (χ0v) is 17.7. The van der Waals surface area contributed by atoms with Gasteiger partial charge in [-0.2, -0.15) is 0 Å². The molecular weight excluding hydrogens is 348 g/mol. The van der Waals surface area contributed by atoms with Gasteiger partial charge in [-0.25, -0.2) is 4.68 Å². The second-order valence-corrected chi connectivity index (χ2v) is 8.67. The smallest absolute Gasteiger partial charge is 0.209 e. The highest BCUT2D eigenvalue weighted by molar-refractivity contribution is 5.55. The zero-order valence-electron chi connectivity index (χ0n) is 17.7. The minimum atomic E-state index is 0.401. The van der Waals surface area contributed by atoms with Crippen LogP contribution in [0.1, 0.15) is 74.5 Å². The van der Waals surface area contributed by atoms with E-state index in [0.717, 1.165) is 38.4 Å². The molecule has 2 aliphatic rings. The number of tetrazole rings is 1. The quantitative estimate of drug-likeness (QED) is 0.862. The minimum Gasteiger partial charge on any atom is -0.360 e. The Bertz CT molecular complexity index is 771. The summed E-state index contributed by atoms with van der Waals surface area (Å²) in [7, 11) is 0. The van der Waals surface area contributed by atoms with Crippen LogP contribution in [-0.4, -0.2) is 46.4 Å². The molecule has 0 amide bonds. The summed E-state index contributed by atoms with van der Waals surface area (Å²) < 4.78 is 2.18. The second-order valence-electron chi connectivity index (χ2n) is 8.67. The van der Waals surface area contributed by atoms with Gasteiger partial charge in [-0.1, -0.05) is 38.3 Å². The summed E-state index contributed by atoms with van der Waals surface area (Å²) in [4.78, 5) is 4.19. The van der Waals surface area contributed by atoms with Crippen molar-refractivity contribution in [3.05, 3.63) is 35.2 Å². The van der Waals surface area contributed by atoms with E-state index in [4.69, 9.17) is 0 Å². The van der Waals surface area contributed by atoms with E-state index in [0.29, 0.717) is 12.1 Å². The number of hydrogen-bond acceptors (Lipinski definition) is 4. The van der Waals surface area contributed by atoms with E-state index < -0.39 is 0 Å². The van der Waals surface area contributed by atoms with Gasteiger partial charge < -0.3 is 9.80 Å². The van der Waals surface area contributed by atoms with Gasteiger partial charge in [-0.15, -0.1) is 5.10 Å². The SMILES string of the molecule is CC[C@@H](c1nnnn1C1CCCCC1)[NH+]1CCN(c2cc(C)ccc2C)CC1. The molecule has 6 heteroatoms. The van der Waals surface area contributed by atoms with E-state index in [1.807, 2.05) is 0 Å². The number of anilines is 1. The Kier molecular flexibility index (Phi) is 5.95. The van der Waals surface area contributed by atoms with Crippen molar-refractivity contribution in [3.8, 4) is 0 Å². The van der Waals surface area contributed by atoms with E-state index in [9.17, 15) is 0 Å². The summed E-state index contributed by atoms with van der Waals surface area (Å²) in [5.74, 6) is 1.12. The first-order chi connectivity index (χ1) is 13.7. The lowest BCUT2D eigenvalue weighted by Gasteiger charge is -2.38. The molecule has 1 N–H and O–H groups in total. The van der Waals surface area contributed by atoms with Gasteiger partial charge in [0.1, 0.15) is 6.04 Å². The summed E-state index contributed by atoms with van der Waals surface area (Å²) in [5, 5.41) is 13.0. The topological polar surface area (TPSA) is 51.3 Å². The lowest BCUT2D eigenvalue weighted by atomic mass is 9.95. The first kappa shape index (κ1) is 19.4. The van der Waals surface area contributed by atoms with E-state index in [-0.39, 0.29) is 0 Å². The predicted octanol–water partition coefficient (Wildman–Crippen LogP) is 2.65. The summed E-state index contributed by atoms with van der Waals surface area (Å²) in [6.07, 6.45) is 7.52. The van der Waals surface area contributed by atoms with Crippen LogP contribution in [0.25, 0.3) is 0 Å². The Morgan fingerprint density at radius 3 is 2.57 bits per heavy atom. The highest BCUT2D eigenvalue weighted by Gasteiger charge is 2.33. The highest BCUT2D eigenvalue weighted by atomic mass is 15.6. The van der Waals surface area contributed by atoms with Crippen molar-refractivity contribution >= 4 is 5.69 Å². The molecule has 0 spiro atoms. The standard InChI is InChI=1S/C22H34N6/c1-4-20(22-23-24-25-28(22)19-8-6-5-7-9-19)26-12-14-27(15-13-26)21-16-17(2)10-11-18(21)3/h10-11,16,19-20H,4-9,12-15H2,1-3H3/p+1/t20-/m0/s1. The van der Waals surface area contributed by atoms with E-state index in [1.54, 1.807) is 4.90 Å². The van der Waals surface area contributed by atoms with Crippen LogP contribution in [0, 0.1) is 13.8 Å². The molecule has 0 radical (unpaired) electrons. The number of benzene rings is 1. The molecule has 1 aromatic carbocycles. The molecule has 1 aliphatic heterocycles. The second kappa shape index (κ2) is 8.60. The first-order valence-electron chi connectivity index (χ1n) is 11.1. The van der Waals surface area contributed by atoms with Gasteiger partial charge in [0, 0.05) is 12.1 Å². The lowest BCUT2D eigenvalue weighted by Crippen LogP contribution is -3.15. The summed E-state index contributed by atoms with van der Waals surface area (Å²) >= 11 is 0. The maximum Gasteiger partial charge on any atom is 0.209 e. The van der Waals surface area contributed by atoms with E-state index in [2.05, 4.69) is 64.1 Å². The van der Waals surface area contributed by atoms with Crippen molar-refractivity contribution in [1.82, 2.24) is 20.2 Å². The number of hydrogen-bond donors (Lipinski definition) is 1. The van der Waals surface area contributed by atoms with Gasteiger partial charge in [0.15, 0.2) is 0 Å². The molecule has 2 aromatic rings. The van der Waals surface area contributed by atoms with Crippen molar-refractivity contribution in [2.45, 2.75) is 71.4 Å². The van der Waals surface area contributed by atoms with Crippen LogP contribution in [0.4, 0.5) is 5.69 Å². The van der Waals surface area contributed by atoms with Crippen LogP contribution in [0.2, 0.25) is 0 Å². The van der Waals surface area contributed by atoms with Crippen molar-refractivity contribution in [1.29, 1.82) is 0 Å². The van der Waals surface area contributed by atoms with Crippen molar-refractivity contribution in [3.63, 3.8) is 0 Å². The minimum absolute atomic E-state index is 0.401. The third kappa shape index (κ3) is 3.93. The number of aromatic nitrogens is 4. The van der Waals surface area contributed by atoms with Crippen LogP contribution in [0.3, 0.4) is 0 Å². The van der Waals surface area contributed by atoms with Crippen molar-refractivity contribution in [2.24, 2.45) is 0 Å². The number of quaternary nitrogens is 1. The summed E-state index contributed by atoms with van der Waals surface area (Å²) in [5.41, 5.74) is 4.12. The molecular formula is C22H35N6+. The molecule has 28 heavy (non-hydrogen) atoms. The van der Waals surface area contributed by atoms with Gasteiger partial charge in [0.25, 0.3) is 0 Å². The van der Waals surface area contributed by atoms with Crippen molar-refractivity contribution in [2.75, 3.05) is 31.1 Å². The van der Waals surface area contributed by atoms with Crippen LogP contribution < -0.4 is 9.80 Å². The fraction of sp³-hybridized carbons (Fsp3) is 0.682. The third-order valence-corrected chi connectivity index (χ3v) is 6.76. The van der Waals surface area contributed by atoms with Gasteiger partial charge in [-0.05, 0) is 54.3 Å². The van der Waals surface area contributed by atoms with Crippen LogP contribution in [0.15, 0.2) is 18.2 Å². The Morgan fingerprint density at radius 1 is 1.11 bits per heavy atom. The Balaban J connectivity index is 1.46. The molecule has 152 valence electrons. The van der Waals surface area contributed by atoms with Crippen LogP contribution in [0.5, 0.6) is 0 Å². The first-order valence-corrected chi connectivity index (χ1v) is 11.1. The molecule has 1 atom stereocenters. The number of nitrogens with one attached hydrogen (secondary N) is 1. The summed E-state index contributed by atoms with van der Waals surface area (Å²) in [6, 6.07) is 7.69. The lowest BCUT2D eigenvalue weighted by molar-refractivity contribution is -0.933. The maximum atomic E-state index is 4.51. The largest absolute Gasteiger partial charge is 0.360 e. The molecule has 1 saturated carbocycles. The molecule has 6 nitrogen and oxygen atoms in total. The Hall–Kier alpha value is -1.95. The van der Waals surface area contributed by atoms with Gasteiger partial charge in [0.05, 0.1) is 32.2 Å². The monoisotopic (exact) mass is 383 g/mol. The third-order valence-electron chi connectivity index (χ3n) is 6.76. The Labute approximate surface area is 168 Å². The van der Waals surface area contributed by atoms with Gasteiger partial charge in [0.2, 0.25) is 5.82 Å². The van der Waals surface area contributed by atoms with Crippen molar-refractivity contribution < 1.29 is 4.90 Å². The number of aryl methyl sites for hydroxylation is 2. The van der Waals surface area contributed by atoms with Crippen LogP contribution >= 0.6 is 0 Å². The van der Waals surface area contributed by atoms with E-state index in [1.165, 1.54) is 48.9 Å². The Morgan fingerprint density at radius 2 is 1.86 bits per heavy atom. The molecule has 0 bridgehead atoms. The molecule has 2 heterocycles. The number of piperazine rings is 1. The zero-order chi connectivity index (χ0) is 19.5. The normalized spacial score (nSPS) is 20.5. The molecule has 4 rings (SSSR count). The van der Waals surface area contributed by atoms with Crippen LogP contribution in [-0.2, 0) is 0 Å². The molecule has 0 unspecified atom stereocenters. The average molecular weight is 384 g/mol. The maximum absolute atomic E-state index is 4.51. The molecule has 1 saturated heterocycles. The number of nitrogens with zero attached hydrogens (tertiary/aromatic N) is 5. The summed E-state index contributed by atoms with van der Waals surface area (Å²) in [6.45, 7) is 11.2.